The monoisotopic (exact) mass is 290 g/mol. The zero-order valence-electron chi connectivity index (χ0n) is 12.4. The predicted molar refractivity (Wildman–Crippen MR) is 80.6 cm³/mol. The van der Waals surface area contributed by atoms with Gasteiger partial charge in [0.1, 0.15) is 5.82 Å². The van der Waals surface area contributed by atoms with Gasteiger partial charge in [-0.25, -0.2) is 4.39 Å². The lowest BCUT2D eigenvalue weighted by Crippen LogP contribution is -2.10. The predicted octanol–water partition coefficient (Wildman–Crippen LogP) is 3.17. The molecule has 0 saturated heterocycles. The van der Waals surface area contributed by atoms with E-state index in [1.165, 1.54) is 19.1 Å². The van der Waals surface area contributed by atoms with E-state index >= 15 is 0 Å². The van der Waals surface area contributed by atoms with Crippen molar-refractivity contribution in [1.82, 2.24) is 9.78 Å². The Morgan fingerprint density at radius 1 is 1.48 bits per heavy atom. The second kappa shape index (κ2) is 6.39. The van der Waals surface area contributed by atoms with Crippen LogP contribution in [0.3, 0.4) is 0 Å². The molecule has 0 aliphatic heterocycles. The first-order chi connectivity index (χ1) is 9.99. The van der Waals surface area contributed by atoms with Crippen molar-refractivity contribution in [2.24, 2.45) is 0 Å². The molecule has 2 aromatic rings. The highest BCUT2D eigenvalue weighted by Gasteiger charge is 2.11. The van der Waals surface area contributed by atoms with Crippen LogP contribution in [0.15, 0.2) is 30.6 Å². The van der Waals surface area contributed by atoms with Crippen molar-refractivity contribution in [2.75, 3.05) is 10.6 Å². The Morgan fingerprint density at radius 3 is 2.86 bits per heavy atom. The zero-order valence-corrected chi connectivity index (χ0v) is 12.4. The van der Waals surface area contributed by atoms with Gasteiger partial charge < -0.3 is 10.6 Å². The van der Waals surface area contributed by atoms with Crippen molar-refractivity contribution in [3.05, 3.63) is 42.0 Å². The summed E-state index contributed by atoms with van der Waals surface area (Å²) in [4.78, 5) is 11.1. The fourth-order valence-electron chi connectivity index (χ4n) is 2.01. The van der Waals surface area contributed by atoms with E-state index in [9.17, 15) is 9.18 Å². The van der Waals surface area contributed by atoms with E-state index in [1.807, 2.05) is 24.7 Å². The average Bonchev–Trinajstić information content (AvgIpc) is 2.91. The lowest BCUT2D eigenvalue weighted by Gasteiger charge is -2.15. The van der Waals surface area contributed by atoms with Gasteiger partial charge in [-0.3, -0.25) is 9.48 Å². The number of halogens is 1. The number of rotatable bonds is 5. The minimum atomic E-state index is -0.362. The molecule has 5 nitrogen and oxygen atoms in total. The molecule has 0 fully saturated rings. The molecule has 0 spiro atoms. The second-order valence-electron chi connectivity index (χ2n) is 4.87. The van der Waals surface area contributed by atoms with Gasteiger partial charge in [0.15, 0.2) is 0 Å². The number of nitrogens with zero attached hydrogens (tertiary/aromatic N) is 2. The number of nitrogens with one attached hydrogen (secondary N) is 2. The number of benzene rings is 1. The normalized spacial score (nSPS) is 12.0. The summed E-state index contributed by atoms with van der Waals surface area (Å²) in [5.74, 6) is -0.552. The van der Waals surface area contributed by atoms with Crippen LogP contribution < -0.4 is 10.6 Å². The number of aryl methyl sites for hydroxylation is 1. The van der Waals surface area contributed by atoms with Crippen LogP contribution in [0.2, 0.25) is 0 Å². The maximum Gasteiger partial charge on any atom is 0.221 e. The van der Waals surface area contributed by atoms with Gasteiger partial charge in [-0.05, 0) is 32.0 Å². The van der Waals surface area contributed by atoms with E-state index in [2.05, 4.69) is 15.7 Å². The lowest BCUT2D eigenvalue weighted by atomic mass is 10.1. The van der Waals surface area contributed by atoms with Crippen LogP contribution in [0.25, 0.3) is 0 Å². The van der Waals surface area contributed by atoms with E-state index in [-0.39, 0.29) is 17.8 Å². The summed E-state index contributed by atoms with van der Waals surface area (Å²) < 4.78 is 15.7. The van der Waals surface area contributed by atoms with Crippen LogP contribution in [-0.4, -0.2) is 15.7 Å². The zero-order chi connectivity index (χ0) is 15.4. The molecular formula is C15H19FN4O. The van der Waals surface area contributed by atoms with Crippen molar-refractivity contribution >= 4 is 17.3 Å². The van der Waals surface area contributed by atoms with Gasteiger partial charge in [0.2, 0.25) is 5.91 Å². The first-order valence-corrected chi connectivity index (χ1v) is 6.85. The highest BCUT2D eigenvalue weighted by atomic mass is 19.1. The Hall–Kier alpha value is -2.37. The van der Waals surface area contributed by atoms with Gasteiger partial charge in [0.05, 0.1) is 17.9 Å². The Morgan fingerprint density at radius 2 is 2.24 bits per heavy atom. The summed E-state index contributed by atoms with van der Waals surface area (Å²) in [5.41, 5.74) is 1.88. The van der Waals surface area contributed by atoms with E-state index in [0.717, 1.165) is 12.1 Å². The number of hydrogen-bond acceptors (Lipinski definition) is 3. The Bertz CT molecular complexity index is 638. The van der Waals surface area contributed by atoms with E-state index in [0.29, 0.717) is 11.4 Å². The minimum Gasteiger partial charge on any atom is -0.376 e. The summed E-state index contributed by atoms with van der Waals surface area (Å²) in [7, 11) is 0. The van der Waals surface area contributed by atoms with Crippen LogP contribution in [-0.2, 0) is 11.3 Å². The van der Waals surface area contributed by atoms with Crippen LogP contribution in [0.5, 0.6) is 0 Å². The fourth-order valence-corrected chi connectivity index (χ4v) is 2.01. The summed E-state index contributed by atoms with van der Waals surface area (Å²) in [6.45, 7) is 6.14. The van der Waals surface area contributed by atoms with Gasteiger partial charge in [-0.15, -0.1) is 0 Å². The summed E-state index contributed by atoms with van der Waals surface area (Å²) in [5, 5.41) is 9.94. The third kappa shape index (κ3) is 3.81. The van der Waals surface area contributed by atoms with Crippen LogP contribution >= 0.6 is 0 Å². The molecule has 1 atom stereocenters. The number of carbonyl (C=O) groups is 1. The number of aromatic nitrogens is 2. The molecule has 2 rings (SSSR count). The van der Waals surface area contributed by atoms with Crippen LogP contribution in [0.1, 0.15) is 32.4 Å². The van der Waals surface area contributed by atoms with Gasteiger partial charge in [-0.2, -0.15) is 5.10 Å². The average molecular weight is 290 g/mol. The molecule has 1 aromatic carbocycles. The Labute approximate surface area is 123 Å². The van der Waals surface area contributed by atoms with E-state index < -0.39 is 0 Å². The lowest BCUT2D eigenvalue weighted by molar-refractivity contribution is -0.114. The molecular weight excluding hydrogens is 271 g/mol. The molecule has 1 unspecified atom stereocenters. The SMILES string of the molecule is CCn1cc(C(C)Nc2cc(NC(C)=O)ccc2F)cn1. The number of carbonyl (C=O) groups excluding carboxylic acids is 1. The molecule has 0 aliphatic rings. The first-order valence-electron chi connectivity index (χ1n) is 6.85. The molecule has 1 amide bonds. The van der Waals surface area contributed by atoms with Crippen molar-refractivity contribution in [3.8, 4) is 0 Å². The molecule has 2 N–H and O–H groups in total. The number of amides is 1. The smallest absolute Gasteiger partial charge is 0.221 e. The third-order valence-corrected chi connectivity index (χ3v) is 3.14. The van der Waals surface area contributed by atoms with E-state index in [4.69, 9.17) is 0 Å². The molecule has 1 aromatic heterocycles. The van der Waals surface area contributed by atoms with Crippen molar-refractivity contribution in [3.63, 3.8) is 0 Å². The topological polar surface area (TPSA) is 59.0 Å². The molecule has 0 saturated carbocycles. The molecule has 0 bridgehead atoms. The van der Waals surface area contributed by atoms with Gasteiger partial charge in [-0.1, -0.05) is 0 Å². The maximum absolute atomic E-state index is 13.9. The summed E-state index contributed by atoms with van der Waals surface area (Å²) in [6.07, 6.45) is 3.68. The highest BCUT2D eigenvalue weighted by Crippen LogP contribution is 2.24. The molecule has 21 heavy (non-hydrogen) atoms. The largest absolute Gasteiger partial charge is 0.376 e. The maximum atomic E-state index is 13.9. The van der Waals surface area contributed by atoms with Crippen LogP contribution in [0, 0.1) is 5.82 Å². The highest BCUT2D eigenvalue weighted by molar-refractivity contribution is 5.89. The minimum absolute atomic E-state index is 0.0904. The van der Waals surface area contributed by atoms with Gasteiger partial charge in [0, 0.05) is 30.9 Å². The fraction of sp³-hybridized carbons (Fsp3) is 0.333. The Balaban J connectivity index is 2.15. The number of anilines is 2. The van der Waals surface area contributed by atoms with Crippen molar-refractivity contribution < 1.29 is 9.18 Å². The summed E-state index contributed by atoms with van der Waals surface area (Å²) in [6, 6.07) is 4.35. The van der Waals surface area contributed by atoms with E-state index in [1.54, 1.807) is 12.3 Å². The summed E-state index contributed by atoms with van der Waals surface area (Å²) >= 11 is 0. The second-order valence-corrected chi connectivity index (χ2v) is 4.87. The molecule has 0 radical (unpaired) electrons. The molecule has 0 aliphatic carbocycles. The molecule has 6 heteroatoms. The standard InChI is InChI=1S/C15H19FN4O/c1-4-20-9-12(8-17-20)10(2)18-15-7-13(19-11(3)21)5-6-14(15)16/h5-10,18H,4H2,1-3H3,(H,19,21). The van der Waals surface area contributed by atoms with Gasteiger partial charge in [0.25, 0.3) is 0 Å². The van der Waals surface area contributed by atoms with Crippen molar-refractivity contribution in [1.29, 1.82) is 0 Å². The Kier molecular flexibility index (Phi) is 4.57. The third-order valence-electron chi connectivity index (χ3n) is 3.14. The first kappa shape index (κ1) is 15.0. The van der Waals surface area contributed by atoms with Crippen LogP contribution in [0.4, 0.5) is 15.8 Å². The quantitative estimate of drug-likeness (QED) is 0.889. The molecule has 1 heterocycles. The number of hydrogen-bond donors (Lipinski definition) is 2. The molecule has 112 valence electrons. The van der Waals surface area contributed by atoms with Gasteiger partial charge >= 0.3 is 0 Å². The van der Waals surface area contributed by atoms with Crippen molar-refractivity contribution in [2.45, 2.75) is 33.4 Å².